The van der Waals surface area contributed by atoms with Gasteiger partial charge in [-0.25, -0.2) is 0 Å². The summed E-state index contributed by atoms with van der Waals surface area (Å²) < 4.78 is 39.5. The summed E-state index contributed by atoms with van der Waals surface area (Å²) in [5.41, 5.74) is 3.21. The Hall–Kier alpha value is -2.51. The van der Waals surface area contributed by atoms with Crippen molar-refractivity contribution in [1.29, 1.82) is 0 Å². The summed E-state index contributed by atoms with van der Waals surface area (Å²) in [6.45, 7) is 4.89. The molecule has 0 fully saturated rings. The molecule has 25 heavy (non-hydrogen) atoms. The average Bonchev–Trinajstić information content (AvgIpc) is 2.80. The zero-order valence-electron chi connectivity index (χ0n) is 14.7. The standard InChI is InChI=1S/C17H22F3N5/c1-11-15(12(2)25(4)24-11)10-23-16(21-3)22-9-13-5-7-14(8-6-13)17(18,19)20/h5-8H,9-10H2,1-4H3,(H2,21,22,23). The van der Waals surface area contributed by atoms with Crippen molar-refractivity contribution in [1.82, 2.24) is 20.4 Å². The van der Waals surface area contributed by atoms with E-state index in [1.165, 1.54) is 12.1 Å². The topological polar surface area (TPSA) is 54.2 Å². The molecule has 0 aliphatic carbocycles. The Balaban J connectivity index is 1.92. The number of alkyl halides is 3. The van der Waals surface area contributed by atoms with Gasteiger partial charge in [-0.15, -0.1) is 0 Å². The van der Waals surface area contributed by atoms with E-state index < -0.39 is 11.7 Å². The van der Waals surface area contributed by atoms with E-state index in [0.29, 0.717) is 19.0 Å². The molecule has 2 rings (SSSR count). The Morgan fingerprint density at radius 3 is 2.20 bits per heavy atom. The number of nitrogens with zero attached hydrogens (tertiary/aromatic N) is 3. The first-order valence-corrected chi connectivity index (χ1v) is 7.82. The van der Waals surface area contributed by atoms with Crippen molar-refractivity contribution < 1.29 is 13.2 Å². The smallest absolute Gasteiger partial charge is 0.352 e. The molecule has 0 saturated carbocycles. The van der Waals surface area contributed by atoms with E-state index >= 15 is 0 Å². The van der Waals surface area contributed by atoms with Crippen LogP contribution in [0.25, 0.3) is 0 Å². The quantitative estimate of drug-likeness (QED) is 0.656. The van der Waals surface area contributed by atoms with E-state index in [1.807, 2.05) is 25.6 Å². The molecule has 0 spiro atoms. The van der Waals surface area contributed by atoms with Crippen LogP contribution in [-0.4, -0.2) is 22.8 Å². The van der Waals surface area contributed by atoms with Crippen LogP contribution < -0.4 is 10.6 Å². The summed E-state index contributed by atoms with van der Waals surface area (Å²) in [7, 11) is 3.54. The molecular formula is C17H22F3N5. The second-order valence-electron chi connectivity index (χ2n) is 5.75. The van der Waals surface area contributed by atoms with Crippen molar-refractivity contribution >= 4 is 5.96 Å². The van der Waals surface area contributed by atoms with Gasteiger partial charge in [-0.05, 0) is 31.5 Å². The number of hydrogen-bond acceptors (Lipinski definition) is 2. The molecule has 0 amide bonds. The molecule has 136 valence electrons. The van der Waals surface area contributed by atoms with Crippen molar-refractivity contribution in [2.24, 2.45) is 12.0 Å². The van der Waals surface area contributed by atoms with Crippen LogP contribution >= 0.6 is 0 Å². The summed E-state index contributed by atoms with van der Waals surface area (Å²) in [6, 6.07) is 5.07. The average molecular weight is 353 g/mol. The van der Waals surface area contributed by atoms with Gasteiger partial charge < -0.3 is 10.6 Å². The highest BCUT2D eigenvalue weighted by atomic mass is 19.4. The van der Waals surface area contributed by atoms with Crippen LogP contribution in [-0.2, 0) is 26.3 Å². The minimum Gasteiger partial charge on any atom is -0.352 e. The Morgan fingerprint density at radius 1 is 1.12 bits per heavy atom. The highest BCUT2D eigenvalue weighted by Gasteiger charge is 2.29. The van der Waals surface area contributed by atoms with Crippen molar-refractivity contribution in [3.8, 4) is 0 Å². The molecule has 0 radical (unpaired) electrons. The molecule has 1 aromatic heterocycles. The van der Waals surface area contributed by atoms with Crippen LogP contribution in [0.5, 0.6) is 0 Å². The third-order valence-electron chi connectivity index (χ3n) is 4.06. The molecule has 2 N–H and O–H groups in total. The SMILES string of the molecule is CN=C(NCc1ccc(C(F)(F)F)cc1)NCc1c(C)nn(C)c1C. The van der Waals surface area contributed by atoms with Crippen molar-refractivity contribution in [2.45, 2.75) is 33.1 Å². The molecular weight excluding hydrogens is 331 g/mol. The van der Waals surface area contributed by atoms with Gasteiger partial charge in [-0.1, -0.05) is 12.1 Å². The van der Waals surface area contributed by atoms with E-state index in [0.717, 1.165) is 34.6 Å². The maximum atomic E-state index is 12.6. The molecule has 0 unspecified atom stereocenters. The van der Waals surface area contributed by atoms with E-state index in [9.17, 15) is 13.2 Å². The number of nitrogens with one attached hydrogen (secondary N) is 2. The van der Waals surface area contributed by atoms with Crippen LogP contribution in [0.1, 0.15) is 28.1 Å². The highest BCUT2D eigenvalue weighted by Crippen LogP contribution is 2.29. The van der Waals surface area contributed by atoms with E-state index in [2.05, 4.69) is 20.7 Å². The Labute approximate surface area is 145 Å². The molecule has 1 heterocycles. The molecule has 5 nitrogen and oxygen atoms in total. The highest BCUT2D eigenvalue weighted by molar-refractivity contribution is 5.79. The first-order chi connectivity index (χ1) is 11.7. The van der Waals surface area contributed by atoms with Crippen LogP contribution in [0.4, 0.5) is 13.2 Å². The Bertz CT molecular complexity index is 745. The van der Waals surface area contributed by atoms with Crippen molar-refractivity contribution in [2.75, 3.05) is 7.05 Å². The first-order valence-electron chi connectivity index (χ1n) is 7.82. The fourth-order valence-corrected chi connectivity index (χ4v) is 2.46. The summed E-state index contributed by atoms with van der Waals surface area (Å²) in [5, 5.41) is 10.6. The van der Waals surface area contributed by atoms with Gasteiger partial charge in [0.05, 0.1) is 11.3 Å². The normalized spacial score (nSPS) is 12.4. The number of aliphatic imine (C=N–C) groups is 1. The van der Waals surface area contributed by atoms with Crippen molar-refractivity contribution in [3.05, 3.63) is 52.3 Å². The summed E-state index contributed by atoms with van der Waals surface area (Å²) >= 11 is 0. The lowest BCUT2D eigenvalue weighted by atomic mass is 10.1. The van der Waals surface area contributed by atoms with E-state index in [-0.39, 0.29) is 0 Å². The van der Waals surface area contributed by atoms with Gasteiger partial charge in [-0.3, -0.25) is 9.67 Å². The summed E-state index contributed by atoms with van der Waals surface area (Å²) in [4.78, 5) is 4.13. The molecule has 0 saturated heterocycles. The maximum Gasteiger partial charge on any atom is 0.416 e. The fourth-order valence-electron chi connectivity index (χ4n) is 2.46. The second-order valence-corrected chi connectivity index (χ2v) is 5.75. The third kappa shape index (κ3) is 4.74. The predicted octanol–water partition coefficient (Wildman–Crippen LogP) is 2.92. The number of rotatable bonds is 4. The number of benzene rings is 1. The molecule has 8 heteroatoms. The van der Waals surface area contributed by atoms with Crippen LogP contribution in [0.15, 0.2) is 29.3 Å². The van der Waals surface area contributed by atoms with Crippen molar-refractivity contribution in [3.63, 3.8) is 0 Å². The molecule has 0 atom stereocenters. The lowest BCUT2D eigenvalue weighted by Gasteiger charge is -2.13. The number of aromatic nitrogens is 2. The zero-order chi connectivity index (χ0) is 18.6. The molecule has 2 aromatic rings. The lowest BCUT2D eigenvalue weighted by Crippen LogP contribution is -2.36. The minimum absolute atomic E-state index is 0.378. The van der Waals surface area contributed by atoms with E-state index in [1.54, 1.807) is 7.05 Å². The predicted molar refractivity (Wildman–Crippen MR) is 91.2 cm³/mol. The van der Waals surface area contributed by atoms with Crippen LogP contribution in [0, 0.1) is 13.8 Å². The molecule has 0 aliphatic rings. The van der Waals surface area contributed by atoms with Gasteiger partial charge in [0.25, 0.3) is 0 Å². The van der Waals surface area contributed by atoms with Gasteiger partial charge in [0, 0.05) is 38.4 Å². The zero-order valence-corrected chi connectivity index (χ0v) is 14.7. The largest absolute Gasteiger partial charge is 0.416 e. The molecule has 1 aromatic carbocycles. The van der Waals surface area contributed by atoms with Crippen LogP contribution in [0.2, 0.25) is 0 Å². The number of hydrogen-bond donors (Lipinski definition) is 2. The molecule has 0 aliphatic heterocycles. The van der Waals surface area contributed by atoms with Gasteiger partial charge in [0.2, 0.25) is 0 Å². The second kappa shape index (κ2) is 7.58. The van der Waals surface area contributed by atoms with Gasteiger partial charge >= 0.3 is 6.18 Å². The summed E-state index contributed by atoms with van der Waals surface area (Å²) in [5.74, 6) is 0.572. The minimum atomic E-state index is -4.32. The van der Waals surface area contributed by atoms with Gasteiger partial charge in [0.1, 0.15) is 0 Å². The Morgan fingerprint density at radius 2 is 1.72 bits per heavy atom. The lowest BCUT2D eigenvalue weighted by molar-refractivity contribution is -0.137. The number of halogens is 3. The van der Waals surface area contributed by atoms with E-state index in [4.69, 9.17) is 0 Å². The van der Waals surface area contributed by atoms with Gasteiger partial charge in [0.15, 0.2) is 5.96 Å². The first kappa shape index (κ1) is 18.8. The third-order valence-corrected chi connectivity index (χ3v) is 4.06. The number of aryl methyl sites for hydroxylation is 2. The van der Waals surface area contributed by atoms with Crippen LogP contribution in [0.3, 0.4) is 0 Å². The Kier molecular flexibility index (Phi) is 5.71. The summed E-state index contributed by atoms with van der Waals surface area (Å²) in [6.07, 6.45) is -4.32. The fraction of sp³-hybridized carbons (Fsp3) is 0.412. The molecule has 0 bridgehead atoms. The monoisotopic (exact) mass is 353 g/mol. The van der Waals surface area contributed by atoms with Gasteiger partial charge in [-0.2, -0.15) is 18.3 Å². The maximum absolute atomic E-state index is 12.6. The number of guanidine groups is 1.